The molecule has 8 bridgehead atoms. The van der Waals surface area contributed by atoms with Crippen LogP contribution >= 0.6 is 34.8 Å². The first-order valence-electron chi connectivity index (χ1n) is 10.2. The SMILES string of the molecule is Clc1ccc(Cl)c(-c2cc3cc4ccc(cc5nc(cc6nc(cc2[nH]3)C=C6)C=C5)[nH]4)c1Cl.[Co]. The van der Waals surface area contributed by atoms with E-state index in [-0.39, 0.29) is 16.8 Å². The van der Waals surface area contributed by atoms with E-state index < -0.39 is 0 Å². The van der Waals surface area contributed by atoms with Gasteiger partial charge in [0.2, 0.25) is 0 Å². The number of H-pyrrole nitrogens is 2. The van der Waals surface area contributed by atoms with Gasteiger partial charge in [-0.25, -0.2) is 9.97 Å². The number of nitrogens with zero attached hydrogens (tertiary/aromatic N) is 2. The number of hydrogen-bond donors (Lipinski definition) is 2. The van der Waals surface area contributed by atoms with Crippen molar-refractivity contribution in [3.8, 4) is 11.1 Å². The van der Waals surface area contributed by atoms with E-state index in [2.05, 4.69) is 15.0 Å². The molecular weight excluding hydrogens is 534 g/mol. The number of fused-ring (bicyclic) bond motifs is 8. The molecule has 3 aromatic heterocycles. The van der Waals surface area contributed by atoms with Crippen LogP contribution in [0.2, 0.25) is 15.1 Å². The minimum Gasteiger partial charge on any atom is -0.355 e. The Morgan fingerprint density at radius 1 is 0.559 bits per heavy atom. The van der Waals surface area contributed by atoms with E-state index in [1.54, 1.807) is 12.1 Å². The van der Waals surface area contributed by atoms with Crippen LogP contribution in [-0.2, 0) is 16.8 Å². The predicted molar refractivity (Wildman–Crippen MR) is 139 cm³/mol. The Morgan fingerprint density at radius 2 is 1.15 bits per heavy atom. The fourth-order valence-corrected chi connectivity index (χ4v) is 4.73. The molecule has 8 heteroatoms. The monoisotopic (exact) mass is 547 g/mol. The molecule has 0 saturated heterocycles. The number of aromatic amines is 2. The molecule has 1 aromatic carbocycles. The van der Waals surface area contributed by atoms with Crippen molar-refractivity contribution in [3.05, 3.63) is 92.4 Å². The first-order valence-corrected chi connectivity index (χ1v) is 11.4. The van der Waals surface area contributed by atoms with Gasteiger partial charge in [-0.1, -0.05) is 34.8 Å². The van der Waals surface area contributed by atoms with E-state index in [0.29, 0.717) is 20.6 Å². The molecule has 0 fully saturated rings. The molecule has 6 rings (SSSR count). The Kier molecular flexibility index (Phi) is 6.14. The Balaban J connectivity index is 0.00000241. The molecule has 0 unspecified atom stereocenters. The maximum Gasteiger partial charge on any atom is 0.0686 e. The van der Waals surface area contributed by atoms with Crippen LogP contribution in [0, 0.1) is 0 Å². The predicted octanol–water partition coefficient (Wildman–Crippen LogP) is 8.28. The van der Waals surface area contributed by atoms with Crippen LogP contribution in [0.15, 0.2) is 54.6 Å². The Bertz CT molecular complexity index is 1660. The number of nitrogens with one attached hydrogen (secondary N) is 2. The average Bonchev–Trinajstić information content (AvgIpc) is 3.57. The van der Waals surface area contributed by atoms with Crippen molar-refractivity contribution in [1.29, 1.82) is 0 Å². The standard InChI is InChI=1S/C26H15Cl3N4.Co/c27-22-7-8-23(28)26(29)25(22)21-12-20-11-18-4-3-16(31-18)9-14-1-2-15(30-14)10-17-5-6-19(32-17)13-24(21)33-20;/h1-13,31,33H;. The largest absolute Gasteiger partial charge is 0.355 e. The maximum absolute atomic E-state index is 6.58. The van der Waals surface area contributed by atoms with Gasteiger partial charge in [-0.05, 0) is 78.9 Å². The number of hydrogen-bond acceptors (Lipinski definition) is 2. The topological polar surface area (TPSA) is 57.4 Å². The van der Waals surface area contributed by atoms with Crippen LogP contribution in [0.4, 0.5) is 0 Å². The fraction of sp³-hybridized carbons (Fsp3) is 0. The minimum absolute atomic E-state index is 0. The summed E-state index contributed by atoms with van der Waals surface area (Å²) in [7, 11) is 0. The van der Waals surface area contributed by atoms with Crippen molar-refractivity contribution in [1.82, 2.24) is 19.9 Å². The second-order valence-corrected chi connectivity index (χ2v) is 9.00. The van der Waals surface area contributed by atoms with Crippen molar-refractivity contribution in [3.63, 3.8) is 0 Å². The summed E-state index contributed by atoms with van der Waals surface area (Å²) in [5, 5.41) is 1.38. The molecule has 1 radical (unpaired) electrons. The molecule has 2 N–H and O–H groups in total. The summed E-state index contributed by atoms with van der Waals surface area (Å²) in [4.78, 5) is 16.3. The Labute approximate surface area is 220 Å². The molecule has 34 heavy (non-hydrogen) atoms. The second-order valence-electron chi connectivity index (χ2n) is 7.81. The van der Waals surface area contributed by atoms with Crippen molar-refractivity contribution >= 4 is 81.2 Å². The Hall–Kier alpha value is -2.80. The first-order chi connectivity index (χ1) is 16.0. The molecule has 0 aliphatic carbocycles. The normalized spacial score (nSPS) is 12.1. The van der Waals surface area contributed by atoms with Crippen LogP contribution in [-0.4, -0.2) is 19.9 Å². The van der Waals surface area contributed by atoms with E-state index >= 15 is 0 Å². The molecule has 0 spiro atoms. The van der Waals surface area contributed by atoms with Crippen LogP contribution in [0.1, 0.15) is 22.8 Å². The molecule has 4 aromatic rings. The Morgan fingerprint density at radius 3 is 1.85 bits per heavy atom. The molecule has 169 valence electrons. The van der Waals surface area contributed by atoms with Gasteiger partial charge in [0.25, 0.3) is 0 Å². The van der Waals surface area contributed by atoms with Gasteiger partial charge in [0.15, 0.2) is 0 Å². The van der Waals surface area contributed by atoms with E-state index in [4.69, 9.17) is 39.8 Å². The fourth-order valence-electron chi connectivity index (χ4n) is 4.00. The van der Waals surface area contributed by atoms with Crippen molar-refractivity contribution in [2.24, 2.45) is 0 Å². The summed E-state index contributed by atoms with van der Waals surface area (Å²) in [5.41, 5.74) is 8.53. The molecule has 2 aliphatic rings. The first kappa shape index (κ1) is 23.0. The van der Waals surface area contributed by atoms with Crippen molar-refractivity contribution < 1.29 is 16.8 Å². The summed E-state index contributed by atoms with van der Waals surface area (Å²) in [6.07, 6.45) is 7.90. The molecule has 0 atom stereocenters. The van der Waals surface area contributed by atoms with Crippen LogP contribution in [0.25, 0.3) is 57.5 Å². The van der Waals surface area contributed by atoms with Gasteiger partial charge < -0.3 is 9.97 Å². The molecule has 0 amide bonds. The summed E-state index contributed by atoms with van der Waals surface area (Å²) in [5.74, 6) is 0. The summed E-state index contributed by atoms with van der Waals surface area (Å²) in [6, 6.07) is 17.5. The summed E-state index contributed by atoms with van der Waals surface area (Å²) >= 11 is 19.5. The molecule has 5 heterocycles. The van der Waals surface area contributed by atoms with Crippen LogP contribution in [0.3, 0.4) is 0 Å². The third-order valence-electron chi connectivity index (χ3n) is 5.48. The van der Waals surface area contributed by atoms with Crippen LogP contribution in [0.5, 0.6) is 0 Å². The van der Waals surface area contributed by atoms with E-state index in [1.165, 1.54) is 0 Å². The molecule has 0 saturated carbocycles. The van der Waals surface area contributed by atoms with Crippen molar-refractivity contribution in [2.45, 2.75) is 0 Å². The quantitative estimate of drug-likeness (QED) is 0.203. The van der Waals surface area contributed by atoms with Gasteiger partial charge in [-0.2, -0.15) is 0 Å². The van der Waals surface area contributed by atoms with E-state index in [0.717, 1.165) is 50.4 Å². The number of aromatic nitrogens is 4. The van der Waals surface area contributed by atoms with Gasteiger partial charge in [-0.15, -0.1) is 0 Å². The maximum atomic E-state index is 6.58. The minimum atomic E-state index is 0. The van der Waals surface area contributed by atoms with Crippen molar-refractivity contribution in [2.75, 3.05) is 0 Å². The molecule has 2 aliphatic heterocycles. The van der Waals surface area contributed by atoms with E-state index in [1.807, 2.05) is 66.8 Å². The van der Waals surface area contributed by atoms with Gasteiger partial charge in [0.05, 0.1) is 37.8 Å². The van der Waals surface area contributed by atoms with Gasteiger partial charge in [0.1, 0.15) is 0 Å². The van der Waals surface area contributed by atoms with E-state index in [9.17, 15) is 0 Å². The zero-order valence-electron chi connectivity index (χ0n) is 17.4. The summed E-state index contributed by atoms with van der Waals surface area (Å²) < 4.78 is 0. The third-order valence-corrected chi connectivity index (χ3v) is 6.60. The molecular formula is C26H15Cl3CoN4. The number of rotatable bonds is 1. The summed E-state index contributed by atoms with van der Waals surface area (Å²) in [6.45, 7) is 0. The van der Waals surface area contributed by atoms with Crippen LogP contribution < -0.4 is 0 Å². The zero-order valence-corrected chi connectivity index (χ0v) is 20.7. The number of benzene rings is 1. The zero-order chi connectivity index (χ0) is 22.5. The smallest absolute Gasteiger partial charge is 0.0686 e. The second kappa shape index (κ2) is 9.10. The number of halogens is 3. The molecule has 4 nitrogen and oxygen atoms in total. The van der Waals surface area contributed by atoms with Gasteiger partial charge in [0, 0.05) is 50.0 Å². The van der Waals surface area contributed by atoms with Gasteiger partial charge in [-0.3, -0.25) is 0 Å². The van der Waals surface area contributed by atoms with Gasteiger partial charge >= 0.3 is 0 Å². The average molecular weight is 549 g/mol. The third kappa shape index (κ3) is 4.33.